The van der Waals surface area contributed by atoms with Crippen molar-refractivity contribution in [3.05, 3.63) is 69.7 Å². The van der Waals surface area contributed by atoms with Crippen molar-refractivity contribution < 1.29 is 0 Å². The molecule has 2 aromatic carbocycles. The van der Waals surface area contributed by atoms with Crippen molar-refractivity contribution in [2.24, 2.45) is 0 Å². The molecule has 0 heterocycles. The van der Waals surface area contributed by atoms with Gasteiger partial charge in [0.05, 0.1) is 5.38 Å². The molecule has 19 heavy (non-hydrogen) atoms. The van der Waals surface area contributed by atoms with Crippen LogP contribution in [0.5, 0.6) is 0 Å². The molecule has 0 saturated heterocycles. The van der Waals surface area contributed by atoms with Crippen LogP contribution in [0, 0.1) is 0 Å². The third-order valence-electron chi connectivity index (χ3n) is 3.07. The molecule has 0 aromatic heterocycles. The lowest BCUT2D eigenvalue weighted by molar-refractivity contribution is 0.716. The topological polar surface area (TPSA) is 0 Å². The van der Waals surface area contributed by atoms with E-state index in [2.05, 4.69) is 12.1 Å². The van der Waals surface area contributed by atoms with E-state index < -0.39 is 0 Å². The van der Waals surface area contributed by atoms with Crippen molar-refractivity contribution in [2.45, 2.75) is 24.6 Å². The van der Waals surface area contributed by atoms with Crippen molar-refractivity contribution in [3.8, 4) is 0 Å². The summed E-state index contributed by atoms with van der Waals surface area (Å²) in [7, 11) is 0. The fourth-order valence-electron chi connectivity index (χ4n) is 2.04. The smallest absolute Gasteiger partial charge is 0.0585 e. The highest BCUT2D eigenvalue weighted by atomic mass is 35.5. The monoisotopic (exact) mass is 312 g/mol. The Morgan fingerprint density at radius 2 is 1.68 bits per heavy atom. The molecule has 3 heteroatoms. The van der Waals surface area contributed by atoms with E-state index >= 15 is 0 Å². The molecule has 2 rings (SSSR count). The van der Waals surface area contributed by atoms with Gasteiger partial charge in [-0.3, -0.25) is 0 Å². The third kappa shape index (κ3) is 4.42. The number of halogens is 3. The largest absolute Gasteiger partial charge is 0.118 e. The molecule has 0 fully saturated rings. The van der Waals surface area contributed by atoms with Gasteiger partial charge in [0.1, 0.15) is 0 Å². The van der Waals surface area contributed by atoms with Gasteiger partial charge in [0.25, 0.3) is 0 Å². The maximum atomic E-state index is 6.38. The zero-order valence-corrected chi connectivity index (χ0v) is 12.7. The van der Waals surface area contributed by atoms with Gasteiger partial charge in [-0.15, -0.1) is 11.6 Å². The quantitative estimate of drug-likeness (QED) is 0.568. The highest BCUT2D eigenvalue weighted by Gasteiger charge is 2.08. The number of hydrogen-bond donors (Lipinski definition) is 0. The molecule has 1 atom stereocenters. The van der Waals surface area contributed by atoms with Gasteiger partial charge >= 0.3 is 0 Å². The molecule has 0 radical (unpaired) electrons. The molecule has 0 amide bonds. The molecular weight excluding hydrogens is 299 g/mol. The molecule has 0 saturated carbocycles. The molecule has 2 aromatic rings. The summed E-state index contributed by atoms with van der Waals surface area (Å²) in [6.07, 6.45) is 2.81. The van der Waals surface area contributed by atoms with Crippen LogP contribution in [0.15, 0.2) is 48.5 Å². The second kappa shape index (κ2) is 7.19. The number of hydrogen-bond acceptors (Lipinski definition) is 0. The Morgan fingerprint density at radius 3 is 2.42 bits per heavy atom. The van der Waals surface area contributed by atoms with E-state index in [1.54, 1.807) is 0 Å². The first-order valence-corrected chi connectivity index (χ1v) is 7.49. The molecule has 0 nitrogen and oxygen atoms in total. The van der Waals surface area contributed by atoms with Gasteiger partial charge in [-0.1, -0.05) is 53.5 Å². The fraction of sp³-hybridized carbons (Fsp3) is 0.250. The zero-order chi connectivity index (χ0) is 13.7. The molecule has 100 valence electrons. The Kier molecular flexibility index (Phi) is 5.57. The van der Waals surface area contributed by atoms with Gasteiger partial charge in [-0.2, -0.15) is 0 Å². The molecule has 0 aliphatic carbocycles. The summed E-state index contributed by atoms with van der Waals surface area (Å²) >= 11 is 18.5. The predicted molar refractivity (Wildman–Crippen MR) is 84.4 cm³/mol. The van der Waals surface area contributed by atoms with Gasteiger partial charge < -0.3 is 0 Å². The molecule has 0 N–H and O–H groups in total. The van der Waals surface area contributed by atoms with E-state index in [1.807, 2.05) is 36.4 Å². The second-order valence-corrected chi connectivity index (χ2v) is 5.88. The van der Waals surface area contributed by atoms with Crippen LogP contribution in [0.3, 0.4) is 0 Å². The van der Waals surface area contributed by atoms with E-state index in [4.69, 9.17) is 34.8 Å². The zero-order valence-electron chi connectivity index (χ0n) is 10.5. The Balaban J connectivity index is 1.88. The Labute approximate surface area is 129 Å². The van der Waals surface area contributed by atoms with Crippen molar-refractivity contribution >= 4 is 34.8 Å². The van der Waals surface area contributed by atoms with Gasteiger partial charge in [-0.05, 0) is 48.6 Å². The lowest BCUT2D eigenvalue weighted by Crippen LogP contribution is -1.93. The van der Waals surface area contributed by atoms with E-state index in [1.165, 1.54) is 5.56 Å². The first-order chi connectivity index (χ1) is 9.16. The van der Waals surface area contributed by atoms with Crippen LogP contribution in [-0.2, 0) is 6.42 Å². The summed E-state index contributed by atoms with van der Waals surface area (Å²) < 4.78 is 0. The first-order valence-electron chi connectivity index (χ1n) is 6.30. The second-order valence-electron chi connectivity index (χ2n) is 4.51. The molecule has 0 bridgehead atoms. The molecule has 0 aliphatic rings. The maximum Gasteiger partial charge on any atom is 0.0585 e. The normalized spacial score (nSPS) is 12.4. The van der Waals surface area contributed by atoms with E-state index in [0.29, 0.717) is 0 Å². The number of alkyl halides is 1. The Bertz CT molecular complexity index is 523. The minimum Gasteiger partial charge on any atom is -0.118 e. The molecular formula is C16H15Cl3. The average molecular weight is 314 g/mol. The van der Waals surface area contributed by atoms with Gasteiger partial charge in [0.15, 0.2) is 0 Å². The lowest BCUT2D eigenvalue weighted by Gasteiger charge is -2.10. The van der Waals surface area contributed by atoms with E-state index in [9.17, 15) is 0 Å². The third-order valence-corrected chi connectivity index (χ3v) is 4.15. The SMILES string of the molecule is Clc1ccc(Cl)c(CCCC(Cl)c2ccccc2)c1. The van der Waals surface area contributed by atoms with Gasteiger partial charge in [0, 0.05) is 10.0 Å². The first kappa shape index (κ1) is 14.7. The van der Waals surface area contributed by atoms with Crippen molar-refractivity contribution in [2.75, 3.05) is 0 Å². The fourth-order valence-corrected chi connectivity index (χ4v) is 2.74. The molecule has 0 aliphatic heterocycles. The van der Waals surface area contributed by atoms with Crippen LogP contribution < -0.4 is 0 Å². The van der Waals surface area contributed by atoms with Gasteiger partial charge in [-0.25, -0.2) is 0 Å². The summed E-state index contributed by atoms with van der Waals surface area (Å²) in [5.41, 5.74) is 2.26. The number of benzene rings is 2. The van der Waals surface area contributed by atoms with Crippen LogP contribution in [0.25, 0.3) is 0 Å². The standard InChI is InChI=1S/C16H15Cl3/c17-14-9-10-16(19)13(11-14)7-4-8-15(18)12-5-2-1-3-6-12/h1-3,5-6,9-11,15H,4,7-8H2. The summed E-state index contributed by atoms with van der Waals surface area (Å²) in [6.45, 7) is 0. The van der Waals surface area contributed by atoms with Crippen LogP contribution in [0.2, 0.25) is 10.0 Å². The average Bonchev–Trinajstić information content (AvgIpc) is 2.43. The van der Waals surface area contributed by atoms with Gasteiger partial charge in [0.2, 0.25) is 0 Å². The van der Waals surface area contributed by atoms with Crippen LogP contribution in [0.1, 0.15) is 29.3 Å². The molecule has 0 spiro atoms. The summed E-state index contributed by atoms with van der Waals surface area (Å²) in [4.78, 5) is 0. The number of rotatable bonds is 5. The minimum absolute atomic E-state index is 0.0548. The summed E-state index contributed by atoms with van der Waals surface area (Å²) in [5, 5.41) is 1.55. The van der Waals surface area contributed by atoms with Crippen LogP contribution in [-0.4, -0.2) is 0 Å². The summed E-state index contributed by atoms with van der Waals surface area (Å²) in [5.74, 6) is 0. The maximum absolute atomic E-state index is 6.38. The highest BCUT2D eigenvalue weighted by Crippen LogP contribution is 2.28. The highest BCUT2D eigenvalue weighted by molar-refractivity contribution is 6.33. The van der Waals surface area contributed by atoms with E-state index in [0.717, 1.165) is 34.9 Å². The Hall–Kier alpha value is -0.690. The Morgan fingerprint density at radius 1 is 0.947 bits per heavy atom. The summed E-state index contributed by atoms with van der Waals surface area (Å²) in [6, 6.07) is 15.7. The van der Waals surface area contributed by atoms with Crippen molar-refractivity contribution in [1.82, 2.24) is 0 Å². The lowest BCUT2D eigenvalue weighted by atomic mass is 10.0. The van der Waals surface area contributed by atoms with Crippen LogP contribution >= 0.6 is 34.8 Å². The minimum atomic E-state index is 0.0548. The van der Waals surface area contributed by atoms with Crippen LogP contribution in [0.4, 0.5) is 0 Å². The van der Waals surface area contributed by atoms with E-state index in [-0.39, 0.29) is 5.38 Å². The van der Waals surface area contributed by atoms with Crippen molar-refractivity contribution in [3.63, 3.8) is 0 Å². The molecule has 1 unspecified atom stereocenters. The van der Waals surface area contributed by atoms with Crippen molar-refractivity contribution in [1.29, 1.82) is 0 Å². The predicted octanol–water partition coefficient (Wildman–Crippen LogP) is 6.30. The number of aryl methyl sites for hydroxylation is 1.